The van der Waals surface area contributed by atoms with Crippen LogP contribution in [0.4, 0.5) is 0 Å². The minimum atomic E-state index is -0.201. The summed E-state index contributed by atoms with van der Waals surface area (Å²) < 4.78 is 0. The van der Waals surface area contributed by atoms with Crippen LogP contribution in [0.15, 0.2) is 16.8 Å². The average molecular weight is 239 g/mol. The van der Waals surface area contributed by atoms with Crippen LogP contribution in [-0.2, 0) is 0 Å². The predicted molar refractivity (Wildman–Crippen MR) is 76.0 cm³/mol. The fourth-order valence-electron chi connectivity index (χ4n) is 2.28. The normalized spacial score (nSPS) is 17.9. The summed E-state index contributed by atoms with van der Waals surface area (Å²) in [4.78, 5) is 10.5. The molecule has 0 bridgehead atoms. The summed E-state index contributed by atoms with van der Waals surface area (Å²) in [5, 5.41) is 3.09. The van der Waals surface area contributed by atoms with Gasteiger partial charge in [-0.15, -0.1) is 0 Å². The quantitative estimate of drug-likeness (QED) is 0.423. The Balaban J connectivity index is 4.70. The minimum Gasteiger partial charge on any atom is -0.150 e. The molecule has 0 N–H and O–H groups in total. The fourth-order valence-corrected chi connectivity index (χ4v) is 2.28. The van der Waals surface area contributed by atoms with Gasteiger partial charge in [0.25, 0.3) is 0 Å². The first-order valence-electron chi connectivity index (χ1n) is 6.98. The van der Waals surface area contributed by atoms with Gasteiger partial charge in [-0.05, 0) is 24.7 Å². The topological polar surface area (TPSA) is 29.4 Å². The van der Waals surface area contributed by atoms with Crippen molar-refractivity contribution >= 4 is 0 Å². The van der Waals surface area contributed by atoms with Crippen LogP contribution in [0.1, 0.15) is 60.8 Å². The number of rotatable bonds is 8. The predicted octanol–water partition coefficient (Wildman–Crippen LogP) is 5.19. The molecule has 0 radical (unpaired) electrons. The van der Waals surface area contributed by atoms with Crippen LogP contribution >= 0.6 is 0 Å². The van der Waals surface area contributed by atoms with Crippen molar-refractivity contribution in [2.75, 3.05) is 0 Å². The average Bonchev–Trinajstić information content (AvgIpc) is 2.31. The van der Waals surface area contributed by atoms with E-state index in [4.69, 9.17) is 0 Å². The largest absolute Gasteiger partial charge is 0.150 e. The molecule has 0 spiro atoms. The van der Waals surface area contributed by atoms with Crippen molar-refractivity contribution in [1.82, 2.24) is 0 Å². The zero-order chi connectivity index (χ0) is 13.4. The first-order chi connectivity index (χ1) is 7.93. The molecule has 0 heterocycles. The summed E-state index contributed by atoms with van der Waals surface area (Å²) in [7, 11) is 0. The second kappa shape index (κ2) is 8.43. The van der Waals surface area contributed by atoms with Gasteiger partial charge in [0, 0.05) is 0 Å². The second-order valence-electron chi connectivity index (χ2n) is 5.58. The van der Waals surface area contributed by atoms with E-state index >= 15 is 0 Å². The molecule has 0 aromatic rings. The smallest absolute Gasteiger partial charge is 0.107 e. The third-order valence-electron chi connectivity index (χ3n) is 3.66. The molecule has 3 atom stereocenters. The molecule has 0 amide bonds. The van der Waals surface area contributed by atoms with E-state index in [0.717, 1.165) is 0 Å². The number of allylic oxidation sites excluding steroid dienone is 1. The number of unbranched alkanes of at least 4 members (excludes halogenated alkanes) is 1. The zero-order valence-corrected chi connectivity index (χ0v) is 12.4. The second-order valence-corrected chi connectivity index (χ2v) is 5.58. The fraction of sp³-hybridized carbons (Fsp3) is 0.867. The van der Waals surface area contributed by atoms with Crippen molar-refractivity contribution in [3.05, 3.63) is 16.6 Å². The Kier molecular flexibility index (Phi) is 8.11. The minimum absolute atomic E-state index is 0.201. The van der Waals surface area contributed by atoms with Gasteiger partial charge in [-0.1, -0.05) is 70.7 Å². The third kappa shape index (κ3) is 5.99. The SMILES string of the molecule is CCCCC(C)C(C)/C(=C\C(C)N=O)C(C)C. The van der Waals surface area contributed by atoms with Gasteiger partial charge in [0.15, 0.2) is 0 Å². The summed E-state index contributed by atoms with van der Waals surface area (Å²) >= 11 is 0. The molecule has 0 saturated heterocycles. The van der Waals surface area contributed by atoms with E-state index < -0.39 is 0 Å². The van der Waals surface area contributed by atoms with Crippen LogP contribution in [0.25, 0.3) is 0 Å². The van der Waals surface area contributed by atoms with E-state index in [1.165, 1.54) is 24.8 Å². The molecule has 2 heteroatoms. The highest BCUT2D eigenvalue weighted by molar-refractivity contribution is 5.12. The number of nitrogens with zero attached hydrogens (tertiary/aromatic N) is 1. The monoisotopic (exact) mass is 239 g/mol. The molecule has 100 valence electrons. The molecule has 0 aromatic carbocycles. The van der Waals surface area contributed by atoms with E-state index in [0.29, 0.717) is 17.8 Å². The molecular weight excluding hydrogens is 210 g/mol. The molecule has 2 nitrogen and oxygen atoms in total. The summed E-state index contributed by atoms with van der Waals surface area (Å²) in [5.41, 5.74) is 1.39. The van der Waals surface area contributed by atoms with Crippen LogP contribution < -0.4 is 0 Å². The molecular formula is C15H29NO. The van der Waals surface area contributed by atoms with Gasteiger partial charge in [0.05, 0.1) is 0 Å². The van der Waals surface area contributed by atoms with Gasteiger partial charge in [-0.3, -0.25) is 0 Å². The lowest BCUT2D eigenvalue weighted by molar-refractivity contribution is 0.375. The first kappa shape index (κ1) is 16.3. The summed E-state index contributed by atoms with van der Waals surface area (Å²) in [5.74, 6) is 1.73. The standard InChI is InChI=1S/C15H29NO/c1-7-8-9-12(4)14(6)15(11(2)3)10-13(5)16-17/h10-14H,7-9H2,1-6H3/b15-10-. The van der Waals surface area contributed by atoms with Gasteiger partial charge in [0.2, 0.25) is 0 Å². The molecule has 0 saturated carbocycles. The summed E-state index contributed by atoms with van der Waals surface area (Å²) in [6.07, 6.45) is 5.87. The highest BCUT2D eigenvalue weighted by Crippen LogP contribution is 2.30. The Bertz CT molecular complexity index is 245. The zero-order valence-electron chi connectivity index (χ0n) is 12.4. The van der Waals surface area contributed by atoms with E-state index in [-0.39, 0.29) is 6.04 Å². The third-order valence-corrected chi connectivity index (χ3v) is 3.66. The van der Waals surface area contributed by atoms with Crippen LogP contribution in [0.2, 0.25) is 0 Å². The highest BCUT2D eigenvalue weighted by Gasteiger charge is 2.19. The van der Waals surface area contributed by atoms with E-state index in [2.05, 4.69) is 45.9 Å². The number of hydrogen-bond acceptors (Lipinski definition) is 2. The van der Waals surface area contributed by atoms with Crippen LogP contribution in [0.3, 0.4) is 0 Å². The summed E-state index contributed by atoms with van der Waals surface area (Å²) in [6, 6.07) is -0.201. The van der Waals surface area contributed by atoms with Gasteiger partial charge in [-0.25, -0.2) is 0 Å². The van der Waals surface area contributed by atoms with Crippen molar-refractivity contribution in [1.29, 1.82) is 0 Å². The Labute approximate surface area is 107 Å². The molecule has 0 aliphatic carbocycles. The Hall–Kier alpha value is -0.660. The van der Waals surface area contributed by atoms with Gasteiger partial charge in [0.1, 0.15) is 6.04 Å². The Morgan fingerprint density at radius 2 is 1.76 bits per heavy atom. The van der Waals surface area contributed by atoms with Crippen LogP contribution in [0, 0.1) is 22.7 Å². The number of hydrogen-bond donors (Lipinski definition) is 0. The molecule has 0 aromatic heterocycles. The van der Waals surface area contributed by atoms with Crippen molar-refractivity contribution in [2.24, 2.45) is 22.9 Å². The van der Waals surface area contributed by atoms with Crippen molar-refractivity contribution in [3.8, 4) is 0 Å². The van der Waals surface area contributed by atoms with Crippen molar-refractivity contribution in [3.63, 3.8) is 0 Å². The highest BCUT2D eigenvalue weighted by atomic mass is 16.3. The van der Waals surface area contributed by atoms with Crippen LogP contribution in [0.5, 0.6) is 0 Å². The molecule has 0 fully saturated rings. The Morgan fingerprint density at radius 3 is 2.18 bits per heavy atom. The van der Waals surface area contributed by atoms with Crippen molar-refractivity contribution < 1.29 is 0 Å². The summed E-state index contributed by atoms with van der Waals surface area (Å²) in [6.45, 7) is 13.1. The van der Waals surface area contributed by atoms with E-state index in [9.17, 15) is 4.91 Å². The van der Waals surface area contributed by atoms with Gasteiger partial charge >= 0.3 is 0 Å². The molecule has 0 aliphatic heterocycles. The van der Waals surface area contributed by atoms with E-state index in [1.807, 2.05) is 6.92 Å². The lowest BCUT2D eigenvalue weighted by Crippen LogP contribution is -2.16. The van der Waals surface area contributed by atoms with Crippen LogP contribution in [-0.4, -0.2) is 6.04 Å². The first-order valence-corrected chi connectivity index (χ1v) is 6.98. The molecule has 17 heavy (non-hydrogen) atoms. The molecule has 0 aliphatic rings. The number of nitroso groups, excluding NO2 is 1. The molecule has 0 rings (SSSR count). The Morgan fingerprint density at radius 1 is 1.18 bits per heavy atom. The molecule has 3 unspecified atom stereocenters. The maximum Gasteiger partial charge on any atom is 0.107 e. The van der Waals surface area contributed by atoms with Gasteiger partial charge < -0.3 is 0 Å². The maximum atomic E-state index is 10.5. The van der Waals surface area contributed by atoms with Gasteiger partial charge in [-0.2, -0.15) is 4.91 Å². The van der Waals surface area contributed by atoms with E-state index in [1.54, 1.807) is 0 Å². The maximum absolute atomic E-state index is 10.5. The lowest BCUT2D eigenvalue weighted by Gasteiger charge is -2.26. The van der Waals surface area contributed by atoms with Crippen molar-refractivity contribution in [2.45, 2.75) is 66.8 Å². The lowest BCUT2D eigenvalue weighted by atomic mass is 9.80.